The number of aryl methyl sites for hydroxylation is 2. The predicted molar refractivity (Wildman–Crippen MR) is 65.7 cm³/mol. The van der Waals surface area contributed by atoms with Crippen LogP contribution in [0.4, 0.5) is 0 Å². The SMILES string of the molecule is Cc1ccc(C2(C#N)CC3(COC3)C2)cc1C. The fourth-order valence-corrected chi connectivity index (χ4v) is 3.21. The van der Waals surface area contributed by atoms with E-state index in [1.165, 1.54) is 16.7 Å². The minimum Gasteiger partial charge on any atom is -0.380 e. The lowest BCUT2D eigenvalue weighted by Crippen LogP contribution is -2.59. The van der Waals surface area contributed by atoms with E-state index in [0.717, 1.165) is 26.1 Å². The zero-order valence-electron chi connectivity index (χ0n) is 10.4. The van der Waals surface area contributed by atoms with Gasteiger partial charge in [-0.3, -0.25) is 0 Å². The van der Waals surface area contributed by atoms with Gasteiger partial charge in [0.15, 0.2) is 0 Å². The average molecular weight is 227 g/mol. The van der Waals surface area contributed by atoms with Gasteiger partial charge >= 0.3 is 0 Å². The molecular formula is C15H17NO. The van der Waals surface area contributed by atoms with Crippen molar-refractivity contribution < 1.29 is 4.74 Å². The molecule has 2 nitrogen and oxygen atoms in total. The molecule has 1 aromatic carbocycles. The van der Waals surface area contributed by atoms with Gasteiger partial charge in [-0.25, -0.2) is 0 Å². The zero-order chi connectivity index (χ0) is 12.1. The Morgan fingerprint density at radius 3 is 2.35 bits per heavy atom. The molecule has 1 saturated heterocycles. The van der Waals surface area contributed by atoms with Gasteiger partial charge in [0.1, 0.15) is 0 Å². The maximum Gasteiger partial charge on any atom is 0.0836 e. The summed E-state index contributed by atoms with van der Waals surface area (Å²) < 4.78 is 5.29. The summed E-state index contributed by atoms with van der Waals surface area (Å²) in [5.74, 6) is 0. The third-order valence-electron chi connectivity index (χ3n) is 4.44. The van der Waals surface area contributed by atoms with E-state index in [1.807, 2.05) is 0 Å². The summed E-state index contributed by atoms with van der Waals surface area (Å²) in [5, 5.41) is 9.51. The van der Waals surface area contributed by atoms with Crippen LogP contribution in [-0.2, 0) is 10.2 Å². The molecule has 3 rings (SSSR count). The van der Waals surface area contributed by atoms with Crippen molar-refractivity contribution in [2.24, 2.45) is 5.41 Å². The monoisotopic (exact) mass is 227 g/mol. The van der Waals surface area contributed by atoms with Gasteiger partial charge in [0.2, 0.25) is 0 Å². The molecular weight excluding hydrogens is 210 g/mol. The van der Waals surface area contributed by atoms with E-state index in [0.29, 0.717) is 5.41 Å². The Morgan fingerprint density at radius 2 is 1.88 bits per heavy atom. The van der Waals surface area contributed by atoms with Crippen LogP contribution in [0, 0.1) is 30.6 Å². The number of nitriles is 1. The first-order valence-corrected chi connectivity index (χ1v) is 6.16. The van der Waals surface area contributed by atoms with Gasteiger partial charge in [0.05, 0.1) is 24.7 Å². The summed E-state index contributed by atoms with van der Waals surface area (Å²) in [6.07, 6.45) is 1.94. The van der Waals surface area contributed by atoms with Crippen LogP contribution in [0.2, 0.25) is 0 Å². The minimum atomic E-state index is -0.248. The van der Waals surface area contributed by atoms with Crippen molar-refractivity contribution in [1.82, 2.24) is 0 Å². The van der Waals surface area contributed by atoms with Crippen LogP contribution in [0.15, 0.2) is 18.2 Å². The van der Waals surface area contributed by atoms with Crippen molar-refractivity contribution in [3.05, 3.63) is 34.9 Å². The van der Waals surface area contributed by atoms with Gasteiger partial charge < -0.3 is 4.74 Å². The van der Waals surface area contributed by atoms with Crippen molar-refractivity contribution in [3.8, 4) is 6.07 Å². The average Bonchev–Trinajstić information content (AvgIpc) is 2.20. The molecule has 2 fully saturated rings. The van der Waals surface area contributed by atoms with Gasteiger partial charge in [-0.05, 0) is 43.4 Å². The first kappa shape index (κ1) is 10.8. The Hall–Kier alpha value is -1.33. The largest absolute Gasteiger partial charge is 0.380 e. The fourth-order valence-electron chi connectivity index (χ4n) is 3.21. The number of nitrogens with zero attached hydrogens (tertiary/aromatic N) is 1. The van der Waals surface area contributed by atoms with Gasteiger partial charge in [-0.15, -0.1) is 0 Å². The second-order valence-corrected chi connectivity index (χ2v) is 5.84. The highest BCUT2D eigenvalue weighted by atomic mass is 16.5. The second-order valence-electron chi connectivity index (χ2n) is 5.84. The second kappa shape index (κ2) is 3.34. The number of hydrogen-bond donors (Lipinski definition) is 0. The number of ether oxygens (including phenoxy) is 1. The van der Waals surface area contributed by atoms with E-state index in [1.54, 1.807) is 0 Å². The standard InChI is InChI=1S/C15H17NO/c1-11-3-4-13(5-12(11)2)15(8-16)6-14(7-15)9-17-10-14/h3-5H,6-7,9-10H2,1-2H3. The molecule has 1 aromatic rings. The topological polar surface area (TPSA) is 33.0 Å². The van der Waals surface area contributed by atoms with Crippen LogP contribution >= 0.6 is 0 Å². The molecule has 0 radical (unpaired) electrons. The van der Waals surface area contributed by atoms with E-state index in [2.05, 4.69) is 38.1 Å². The van der Waals surface area contributed by atoms with Crippen molar-refractivity contribution in [2.45, 2.75) is 32.1 Å². The zero-order valence-corrected chi connectivity index (χ0v) is 10.4. The highest BCUT2D eigenvalue weighted by molar-refractivity contribution is 5.42. The van der Waals surface area contributed by atoms with E-state index >= 15 is 0 Å². The molecule has 0 atom stereocenters. The van der Waals surface area contributed by atoms with Crippen LogP contribution < -0.4 is 0 Å². The van der Waals surface area contributed by atoms with Crippen LogP contribution in [0.3, 0.4) is 0 Å². The van der Waals surface area contributed by atoms with Crippen molar-refractivity contribution in [2.75, 3.05) is 13.2 Å². The molecule has 0 unspecified atom stereocenters. The van der Waals surface area contributed by atoms with Crippen LogP contribution in [0.25, 0.3) is 0 Å². The molecule has 1 aliphatic carbocycles. The minimum absolute atomic E-state index is 0.248. The summed E-state index contributed by atoms with van der Waals surface area (Å²) in [6.45, 7) is 5.92. The molecule has 0 aromatic heterocycles. The van der Waals surface area contributed by atoms with Crippen molar-refractivity contribution in [1.29, 1.82) is 5.26 Å². The predicted octanol–water partition coefficient (Wildman–Crippen LogP) is 2.88. The molecule has 88 valence electrons. The molecule has 2 aliphatic rings. The van der Waals surface area contributed by atoms with E-state index in [4.69, 9.17) is 4.74 Å². The third-order valence-corrected chi connectivity index (χ3v) is 4.44. The number of benzene rings is 1. The highest BCUT2D eigenvalue weighted by Gasteiger charge is 2.59. The Kier molecular flexibility index (Phi) is 2.12. The molecule has 0 amide bonds. The molecule has 1 heterocycles. The van der Waals surface area contributed by atoms with Crippen LogP contribution in [0.1, 0.15) is 29.5 Å². The van der Waals surface area contributed by atoms with Crippen LogP contribution in [-0.4, -0.2) is 13.2 Å². The van der Waals surface area contributed by atoms with Crippen molar-refractivity contribution >= 4 is 0 Å². The number of hydrogen-bond acceptors (Lipinski definition) is 2. The first-order valence-electron chi connectivity index (χ1n) is 6.16. The Labute approximate surface area is 102 Å². The molecule has 17 heavy (non-hydrogen) atoms. The van der Waals surface area contributed by atoms with Gasteiger partial charge in [0.25, 0.3) is 0 Å². The molecule has 0 N–H and O–H groups in total. The molecule has 1 spiro atoms. The Morgan fingerprint density at radius 1 is 1.18 bits per heavy atom. The lowest BCUT2D eigenvalue weighted by atomic mass is 9.50. The third kappa shape index (κ3) is 1.42. The van der Waals surface area contributed by atoms with Crippen LogP contribution in [0.5, 0.6) is 0 Å². The summed E-state index contributed by atoms with van der Waals surface area (Å²) >= 11 is 0. The lowest BCUT2D eigenvalue weighted by Gasteiger charge is -2.57. The summed E-state index contributed by atoms with van der Waals surface area (Å²) in [5.41, 5.74) is 3.85. The normalized spacial score (nSPS) is 23.6. The Bertz CT molecular complexity index is 500. The summed E-state index contributed by atoms with van der Waals surface area (Å²) in [6, 6.07) is 8.99. The first-order chi connectivity index (χ1) is 8.09. The Balaban J connectivity index is 1.92. The number of rotatable bonds is 1. The maximum atomic E-state index is 9.51. The van der Waals surface area contributed by atoms with Gasteiger partial charge in [-0.2, -0.15) is 5.26 Å². The van der Waals surface area contributed by atoms with E-state index in [9.17, 15) is 5.26 Å². The molecule has 1 aliphatic heterocycles. The van der Waals surface area contributed by atoms with E-state index < -0.39 is 0 Å². The molecule has 2 heteroatoms. The van der Waals surface area contributed by atoms with E-state index in [-0.39, 0.29) is 5.41 Å². The highest BCUT2D eigenvalue weighted by Crippen LogP contribution is 2.58. The van der Waals surface area contributed by atoms with Gasteiger partial charge in [-0.1, -0.05) is 18.2 Å². The lowest BCUT2D eigenvalue weighted by molar-refractivity contribution is -0.178. The molecule has 0 bridgehead atoms. The van der Waals surface area contributed by atoms with Gasteiger partial charge in [0, 0.05) is 5.41 Å². The molecule has 1 saturated carbocycles. The smallest absolute Gasteiger partial charge is 0.0836 e. The fraction of sp³-hybridized carbons (Fsp3) is 0.533. The van der Waals surface area contributed by atoms with Crippen molar-refractivity contribution in [3.63, 3.8) is 0 Å². The summed E-state index contributed by atoms with van der Waals surface area (Å²) in [4.78, 5) is 0. The quantitative estimate of drug-likeness (QED) is 0.739. The maximum absolute atomic E-state index is 9.51. The summed E-state index contributed by atoms with van der Waals surface area (Å²) in [7, 11) is 0.